The molecule has 4 rings (SSSR count). The van der Waals surface area contributed by atoms with E-state index in [1.54, 1.807) is 0 Å². The predicted molar refractivity (Wildman–Crippen MR) is 117 cm³/mol. The smallest absolute Gasteiger partial charge is 0.233 e. The molecule has 2 bridgehead atoms. The van der Waals surface area contributed by atoms with Crippen molar-refractivity contribution in [3.63, 3.8) is 0 Å². The van der Waals surface area contributed by atoms with Crippen molar-refractivity contribution in [1.29, 1.82) is 0 Å². The first-order valence-electron chi connectivity index (χ1n) is 10.3. The van der Waals surface area contributed by atoms with Gasteiger partial charge in [-0.25, -0.2) is 0 Å². The molecule has 3 aliphatic carbocycles. The standard InChI is InChI=1S/C20H30N4O3.HI/c1-2-21-20(23-11-14-4-3-5-15(14)25)22-8-9-24-18(26)16-12-6-7-13(10-12)17(16)19(24)27;/h6-7,12-17,25H,2-5,8-11H2,1H3,(H2,21,22,23);1H. The number of likely N-dealkylation sites (tertiary alicyclic amines) is 1. The van der Waals surface area contributed by atoms with Gasteiger partial charge < -0.3 is 15.7 Å². The zero-order chi connectivity index (χ0) is 19.0. The number of aliphatic hydroxyl groups is 1. The van der Waals surface area contributed by atoms with Crippen LogP contribution in [0.3, 0.4) is 0 Å². The Bertz CT molecular complexity index is 638. The maximum absolute atomic E-state index is 12.7. The summed E-state index contributed by atoms with van der Waals surface area (Å²) in [5.74, 6) is 1.16. The first kappa shape index (κ1) is 21.5. The molecule has 0 spiro atoms. The van der Waals surface area contributed by atoms with Crippen LogP contribution in [0.2, 0.25) is 0 Å². The average molecular weight is 502 g/mol. The molecule has 0 aromatic heterocycles. The molecule has 0 aromatic rings. The second-order valence-electron chi connectivity index (χ2n) is 8.23. The number of carbonyl (C=O) groups is 2. The number of fused-ring (bicyclic) bond motifs is 5. The van der Waals surface area contributed by atoms with Crippen molar-refractivity contribution in [2.75, 3.05) is 26.2 Å². The van der Waals surface area contributed by atoms with Crippen LogP contribution in [0.4, 0.5) is 0 Å². The molecule has 0 aromatic carbocycles. The maximum atomic E-state index is 12.7. The number of allylic oxidation sites excluding steroid dienone is 2. The van der Waals surface area contributed by atoms with Crippen molar-refractivity contribution < 1.29 is 14.7 Å². The van der Waals surface area contributed by atoms with Crippen LogP contribution in [-0.4, -0.2) is 60.1 Å². The van der Waals surface area contributed by atoms with Crippen LogP contribution in [0.15, 0.2) is 17.1 Å². The molecule has 6 atom stereocenters. The Morgan fingerprint density at radius 2 is 1.86 bits per heavy atom. The number of amides is 2. The van der Waals surface area contributed by atoms with Gasteiger partial charge in [0.15, 0.2) is 5.96 Å². The van der Waals surface area contributed by atoms with Gasteiger partial charge in [-0.2, -0.15) is 0 Å². The number of aliphatic imine (C=N–C) groups is 1. The number of nitrogens with zero attached hydrogens (tertiary/aromatic N) is 2. The van der Waals surface area contributed by atoms with Crippen molar-refractivity contribution >= 4 is 41.8 Å². The van der Waals surface area contributed by atoms with Crippen LogP contribution < -0.4 is 10.6 Å². The number of aliphatic hydroxyl groups excluding tert-OH is 1. The molecule has 2 saturated carbocycles. The Hall–Kier alpha value is -1.16. The molecule has 1 aliphatic heterocycles. The minimum absolute atomic E-state index is 0. The lowest BCUT2D eigenvalue weighted by molar-refractivity contribution is -0.140. The second kappa shape index (κ2) is 9.11. The fourth-order valence-corrected chi connectivity index (χ4v) is 5.25. The van der Waals surface area contributed by atoms with E-state index in [2.05, 4.69) is 27.8 Å². The molecule has 0 radical (unpaired) electrons. The number of imide groups is 1. The largest absolute Gasteiger partial charge is 0.393 e. The van der Waals surface area contributed by atoms with Crippen molar-refractivity contribution in [1.82, 2.24) is 15.5 Å². The number of hydrogen-bond donors (Lipinski definition) is 3. The van der Waals surface area contributed by atoms with Gasteiger partial charge in [-0.05, 0) is 38.0 Å². The molecular formula is C20H31IN4O3. The van der Waals surface area contributed by atoms with Crippen molar-refractivity contribution in [2.45, 2.75) is 38.7 Å². The lowest BCUT2D eigenvalue weighted by Crippen LogP contribution is -2.44. The molecule has 8 heteroatoms. The summed E-state index contributed by atoms with van der Waals surface area (Å²) in [6.45, 7) is 4.19. The van der Waals surface area contributed by atoms with E-state index in [4.69, 9.17) is 0 Å². The molecule has 4 aliphatic rings. The van der Waals surface area contributed by atoms with Crippen LogP contribution in [0.5, 0.6) is 0 Å². The summed E-state index contributed by atoms with van der Waals surface area (Å²) < 4.78 is 0. The molecule has 3 N–H and O–H groups in total. The Labute approximate surface area is 183 Å². The van der Waals surface area contributed by atoms with Gasteiger partial charge >= 0.3 is 0 Å². The van der Waals surface area contributed by atoms with E-state index in [1.807, 2.05) is 6.92 Å². The van der Waals surface area contributed by atoms with E-state index < -0.39 is 0 Å². The van der Waals surface area contributed by atoms with Crippen molar-refractivity contribution in [3.05, 3.63) is 12.2 Å². The highest BCUT2D eigenvalue weighted by molar-refractivity contribution is 14.0. The molecule has 6 unspecified atom stereocenters. The minimum Gasteiger partial charge on any atom is -0.393 e. The summed E-state index contributed by atoms with van der Waals surface area (Å²) >= 11 is 0. The van der Waals surface area contributed by atoms with Gasteiger partial charge in [0.05, 0.1) is 17.9 Å². The average Bonchev–Trinajstić information content (AvgIpc) is 3.41. The van der Waals surface area contributed by atoms with Gasteiger partial charge in [-0.15, -0.1) is 24.0 Å². The molecule has 1 heterocycles. The second-order valence-corrected chi connectivity index (χ2v) is 8.23. The molecule has 1 saturated heterocycles. The Morgan fingerprint density at radius 3 is 2.43 bits per heavy atom. The van der Waals surface area contributed by atoms with Crippen LogP contribution >= 0.6 is 24.0 Å². The number of carbonyl (C=O) groups excluding carboxylic acids is 2. The predicted octanol–water partition coefficient (Wildman–Crippen LogP) is 1.13. The van der Waals surface area contributed by atoms with Crippen LogP contribution in [0.25, 0.3) is 0 Å². The number of halogens is 1. The summed E-state index contributed by atoms with van der Waals surface area (Å²) in [4.78, 5) is 31.4. The molecule has 2 amide bonds. The third kappa shape index (κ3) is 3.94. The van der Waals surface area contributed by atoms with E-state index in [9.17, 15) is 14.7 Å². The van der Waals surface area contributed by atoms with Gasteiger partial charge in [0.25, 0.3) is 0 Å². The zero-order valence-corrected chi connectivity index (χ0v) is 18.7. The zero-order valence-electron chi connectivity index (χ0n) is 16.3. The minimum atomic E-state index is -0.250. The highest BCUT2D eigenvalue weighted by atomic mass is 127. The Kier molecular flexibility index (Phi) is 7.01. The third-order valence-electron chi connectivity index (χ3n) is 6.64. The van der Waals surface area contributed by atoms with Crippen LogP contribution in [0.1, 0.15) is 32.6 Å². The third-order valence-corrected chi connectivity index (χ3v) is 6.64. The van der Waals surface area contributed by atoms with E-state index in [1.165, 1.54) is 4.90 Å². The quantitative estimate of drug-likeness (QED) is 0.167. The van der Waals surface area contributed by atoms with Crippen molar-refractivity contribution in [3.8, 4) is 0 Å². The molecule has 7 nitrogen and oxygen atoms in total. The fourth-order valence-electron chi connectivity index (χ4n) is 5.25. The number of nitrogens with one attached hydrogen (secondary N) is 2. The summed E-state index contributed by atoms with van der Waals surface area (Å²) in [6, 6.07) is 0. The lowest BCUT2D eigenvalue weighted by atomic mass is 9.85. The fraction of sp³-hybridized carbons (Fsp3) is 0.750. The highest BCUT2D eigenvalue weighted by Gasteiger charge is 2.58. The van der Waals surface area contributed by atoms with Gasteiger partial charge in [0.2, 0.25) is 11.8 Å². The Balaban J connectivity index is 0.00000225. The number of hydrogen-bond acceptors (Lipinski definition) is 4. The SMILES string of the molecule is CCNC(=NCC1CCCC1O)NCCN1C(=O)C2C3C=CC(C3)C2C1=O.I. The van der Waals surface area contributed by atoms with E-state index in [-0.39, 0.29) is 71.5 Å². The van der Waals surface area contributed by atoms with Gasteiger partial charge in [-0.1, -0.05) is 18.6 Å². The van der Waals surface area contributed by atoms with Crippen LogP contribution in [0, 0.1) is 29.6 Å². The van der Waals surface area contributed by atoms with Gasteiger partial charge in [-0.3, -0.25) is 19.5 Å². The van der Waals surface area contributed by atoms with Gasteiger partial charge in [0, 0.05) is 32.1 Å². The van der Waals surface area contributed by atoms with Crippen LogP contribution in [-0.2, 0) is 9.59 Å². The van der Waals surface area contributed by atoms with Crippen molar-refractivity contribution in [2.24, 2.45) is 34.6 Å². The first-order valence-corrected chi connectivity index (χ1v) is 10.3. The monoisotopic (exact) mass is 502 g/mol. The summed E-state index contributed by atoms with van der Waals surface area (Å²) in [7, 11) is 0. The maximum Gasteiger partial charge on any atom is 0.233 e. The lowest BCUT2D eigenvalue weighted by Gasteiger charge is -2.19. The van der Waals surface area contributed by atoms with E-state index in [0.717, 1.165) is 32.2 Å². The first-order chi connectivity index (χ1) is 13.1. The number of rotatable bonds is 6. The molecule has 156 valence electrons. The Morgan fingerprint density at radius 1 is 1.18 bits per heavy atom. The normalized spacial score (nSPS) is 36.1. The topological polar surface area (TPSA) is 94.0 Å². The number of guanidine groups is 1. The molecule has 3 fully saturated rings. The van der Waals surface area contributed by atoms with Gasteiger partial charge in [0.1, 0.15) is 0 Å². The molecular weight excluding hydrogens is 471 g/mol. The van der Waals surface area contributed by atoms with E-state index in [0.29, 0.717) is 25.6 Å². The van der Waals surface area contributed by atoms with E-state index >= 15 is 0 Å². The summed E-state index contributed by atoms with van der Waals surface area (Å²) in [6.07, 6.45) is 7.88. The highest BCUT2D eigenvalue weighted by Crippen LogP contribution is 2.52. The summed E-state index contributed by atoms with van der Waals surface area (Å²) in [5.41, 5.74) is 0. The summed E-state index contributed by atoms with van der Waals surface area (Å²) in [5, 5.41) is 16.4. The molecule has 28 heavy (non-hydrogen) atoms.